The number of aromatic nitrogens is 1. The second-order valence-corrected chi connectivity index (χ2v) is 9.23. The number of carbonyl (C=O) groups excluding carboxylic acids is 1. The van der Waals surface area contributed by atoms with Gasteiger partial charge in [-0.05, 0) is 54.7 Å². The predicted molar refractivity (Wildman–Crippen MR) is 125 cm³/mol. The number of piperidine rings is 1. The molecule has 1 amide bonds. The van der Waals surface area contributed by atoms with Crippen LogP contribution in [0.4, 0.5) is 4.39 Å². The molecule has 4 aromatic rings. The van der Waals surface area contributed by atoms with Crippen molar-refractivity contribution in [3.8, 4) is 5.75 Å². The Hall–Kier alpha value is -2.90. The van der Waals surface area contributed by atoms with Crippen molar-refractivity contribution in [3.05, 3.63) is 64.4 Å². The number of fused-ring (bicyclic) bond motifs is 2. The van der Waals surface area contributed by atoms with Gasteiger partial charge in [0.25, 0.3) is 5.91 Å². The first-order valence-electron chi connectivity index (χ1n) is 10.7. The lowest BCUT2D eigenvalue weighted by Crippen LogP contribution is -2.37. The minimum atomic E-state index is -0.307. The third-order valence-electron chi connectivity index (χ3n) is 6.39. The van der Waals surface area contributed by atoms with Crippen molar-refractivity contribution < 1.29 is 18.7 Å². The standard InChI is InChI=1S/C25H25FN2O3S/c1-30-14-19-23-20(26)4-3-5-22(23)32-24(19)25(29)28-10-8-15(9-11-28)18-13-27-21-7-6-16(31-2)12-17(18)21/h3-7,12-13,15,27H,8-11,14H2,1-2H3. The number of likely N-dealkylation sites (tertiary alicyclic amines) is 1. The Morgan fingerprint density at radius 1 is 1.22 bits per heavy atom. The van der Waals surface area contributed by atoms with Crippen LogP contribution in [0, 0.1) is 5.82 Å². The number of nitrogens with zero attached hydrogens (tertiary/aromatic N) is 1. The molecule has 0 bridgehead atoms. The third kappa shape index (κ3) is 3.55. The molecule has 1 fully saturated rings. The van der Waals surface area contributed by atoms with Crippen molar-refractivity contribution in [2.45, 2.75) is 25.4 Å². The maximum atomic E-state index is 14.5. The van der Waals surface area contributed by atoms with E-state index in [4.69, 9.17) is 9.47 Å². The van der Waals surface area contributed by atoms with Gasteiger partial charge < -0.3 is 19.4 Å². The van der Waals surface area contributed by atoms with Crippen LogP contribution in [0.5, 0.6) is 5.75 Å². The van der Waals surface area contributed by atoms with Crippen LogP contribution in [-0.4, -0.2) is 43.1 Å². The molecular formula is C25H25FN2O3S. The van der Waals surface area contributed by atoms with E-state index in [2.05, 4.69) is 17.2 Å². The number of amides is 1. The lowest BCUT2D eigenvalue weighted by molar-refractivity contribution is 0.0714. The van der Waals surface area contributed by atoms with Crippen molar-refractivity contribution in [2.75, 3.05) is 27.3 Å². The molecule has 1 aliphatic rings. The molecule has 7 heteroatoms. The molecule has 0 unspecified atom stereocenters. The van der Waals surface area contributed by atoms with E-state index < -0.39 is 0 Å². The van der Waals surface area contributed by atoms with Crippen LogP contribution in [-0.2, 0) is 11.3 Å². The molecule has 2 aromatic heterocycles. The average Bonchev–Trinajstić information content (AvgIpc) is 3.41. The number of benzene rings is 2. The van der Waals surface area contributed by atoms with Gasteiger partial charge in [0.2, 0.25) is 0 Å². The van der Waals surface area contributed by atoms with Gasteiger partial charge in [-0.15, -0.1) is 11.3 Å². The highest BCUT2D eigenvalue weighted by atomic mass is 32.1. The number of ether oxygens (including phenoxy) is 2. The fourth-order valence-electron chi connectivity index (χ4n) is 4.75. The fraction of sp³-hybridized carbons (Fsp3) is 0.320. The first-order valence-corrected chi connectivity index (χ1v) is 11.6. The molecule has 166 valence electrons. The second-order valence-electron chi connectivity index (χ2n) is 8.18. The van der Waals surface area contributed by atoms with Crippen molar-refractivity contribution in [2.24, 2.45) is 0 Å². The number of nitrogens with one attached hydrogen (secondary N) is 1. The Morgan fingerprint density at radius 2 is 2.03 bits per heavy atom. The molecule has 5 nitrogen and oxygen atoms in total. The van der Waals surface area contributed by atoms with Crippen molar-refractivity contribution in [1.29, 1.82) is 0 Å². The maximum Gasteiger partial charge on any atom is 0.264 e. The summed E-state index contributed by atoms with van der Waals surface area (Å²) in [5.74, 6) is 0.877. The van der Waals surface area contributed by atoms with Gasteiger partial charge in [0.1, 0.15) is 11.6 Å². The summed E-state index contributed by atoms with van der Waals surface area (Å²) in [6.45, 7) is 1.56. The number of halogens is 1. The van der Waals surface area contributed by atoms with Crippen LogP contribution in [0.1, 0.15) is 39.6 Å². The van der Waals surface area contributed by atoms with E-state index in [9.17, 15) is 9.18 Å². The monoisotopic (exact) mass is 452 g/mol. The Balaban J connectivity index is 1.38. The third-order valence-corrected chi connectivity index (χ3v) is 7.57. The van der Waals surface area contributed by atoms with E-state index in [-0.39, 0.29) is 18.3 Å². The van der Waals surface area contributed by atoms with E-state index >= 15 is 0 Å². The molecule has 0 atom stereocenters. The summed E-state index contributed by atoms with van der Waals surface area (Å²) < 4.78 is 26.0. The zero-order valence-corrected chi connectivity index (χ0v) is 18.9. The molecule has 1 saturated heterocycles. The van der Waals surface area contributed by atoms with Gasteiger partial charge in [0.05, 0.1) is 18.6 Å². The van der Waals surface area contributed by atoms with Gasteiger partial charge in [-0.1, -0.05) is 6.07 Å². The lowest BCUT2D eigenvalue weighted by Gasteiger charge is -2.32. The first-order chi connectivity index (χ1) is 15.6. The van der Waals surface area contributed by atoms with Crippen molar-refractivity contribution in [1.82, 2.24) is 9.88 Å². The SMILES string of the molecule is COCc1c(C(=O)N2CCC(c3c[nH]c4ccc(OC)cc34)CC2)sc2cccc(F)c12. The van der Waals surface area contributed by atoms with E-state index in [1.807, 2.05) is 23.1 Å². The van der Waals surface area contributed by atoms with Gasteiger partial charge in [-0.3, -0.25) is 4.79 Å². The quantitative estimate of drug-likeness (QED) is 0.423. The van der Waals surface area contributed by atoms with Gasteiger partial charge in [-0.2, -0.15) is 0 Å². The van der Waals surface area contributed by atoms with Gasteiger partial charge in [0, 0.05) is 52.9 Å². The van der Waals surface area contributed by atoms with Gasteiger partial charge in [0.15, 0.2) is 0 Å². The van der Waals surface area contributed by atoms with Gasteiger partial charge in [-0.25, -0.2) is 4.39 Å². The topological polar surface area (TPSA) is 54.6 Å². The van der Waals surface area contributed by atoms with Gasteiger partial charge >= 0.3 is 0 Å². The van der Waals surface area contributed by atoms with Crippen LogP contribution in [0.2, 0.25) is 0 Å². The van der Waals surface area contributed by atoms with Crippen LogP contribution < -0.4 is 4.74 Å². The minimum absolute atomic E-state index is 0.0308. The predicted octanol–water partition coefficient (Wildman–Crippen LogP) is 5.70. The number of methoxy groups -OCH3 is 2. The number of hydrogen-bond acceptors (Lipinski definition) is 4. The summed E-state index contributed by atoms with van der Waals surface area (Å²) in [7, 11) is 3.25. The second kappa shape index (κ2) is 8.56. The van der Waals surface area contributed by atoms with Crippen molar-refractivity contribution in [3.63, 3.8) is 0 Å². The highest BCUT2D eigenvalue weighted by molar-refractivity contribution is 7.21. The highest BCUT2D eigenvalue weighted by Crippen LogP contribution is 2.38. The number of carbonyl (C=O) groups is 1. The largest absolute Gasteiger partial charge is 0.497 e. The normalized spacial score (nSPS) is 15.0. The summed E-state index contributed by atoms with van der Waals surface area (Å²) >= 11 is 1.35. The van der Waals surface area contributed by atoms with E-state index in [1.54, 1.807) is 20.3 Å². The Morgan fingerprint density at radius 3 is 2.78 bits per heavy atom. The Labute approximate surface area is 189 Å². The number of thiophene rings is 1. The zero-order chi connectivity index (χ0) is 22.2. The molecule has 2 aromatic carbocycles. The van der Waals surface area contributed by atoms with Crippen LogP contribution in [0.15, 0.2) is 42.6 Å². The molecule has 3 heterocycles. The summed E-state index contributed by atoms with van der Waals surface area (Å²) in [5, 5.41) is 1.68. The molecule has 1 aliphatic heterocycles. The molecule has 0 saturated carbocycles. The van der Waals surface area contributed by atoms with E-state index in [1.165, 1.54) is 28.4 Å². The lowest BCUT2D eigenvalue weighted by atomic mass is 9.89. The summed E-state index contributed by atoms with van der Waals surface area (Å²) in [6.07, 6.45) is 3.85. The first kappa shape index (κ1) is 21.0. The van der Waals surface area contributed by atoms with Crippen LogP contribution >= 0.6 is 11.3 Å². The molecular weight excluding hydrogens is 427 g/mol. The van der Waals surface area contributed by atoms with Crippen LogP contribution in [0.3, 0.4) is 0 Å². The molecule has 0 aliphatic carbocycles. The minimum Gasteiger partial charge on any atom is -0.497 e. The number of rotatable bonds is 5. The molecule has 1 N–H and O–H groups in total. The molecule has 5 rings (SSSR count). The summed E-state index contributed by atoms with van der Waals surface area (Å²) in [6, 6.07) is 11.0. The van der Waals surface area contributed by atoms with E-state index in [0.717, 1.165) is 28.8 Å². The van der Waals surface area contributed by atoms with E-state index in [0.29, 0.717) is 34.8 Å². The molecule has 32 heavy (non-hydrogen) atoms. The molecule has 0 spiro atoms. The molecule has 0 radical (unpaired) electrons. The smallest absolute Gasteiger partial charge is 0.264 e. The average molecular weight is 453 g/mol. The summed E-state index contributed by atoms with van der Waals surface area (Å²) in [5.41, 5.74) is 3.02. The number of H-pyrrole nitrogens is 1. The number of aromatic amines is 1. The Kier molecular flexibility index (Phi) is 5.61. The van der Waals surface area contributed by atoms with Crippen LogP contribution in [0.25, 0.3) is 21.0 Å². The Bertz CT molecular complexity index is 1290. The van der Waals surface area contributed by atoms with Crippen molar-refractivity contribution >= 4 is 38.2 Å². The number of hydrogen-bond donors (Lipinski definition) is 1. The highest BCUT2D eigenvalue weighted by Gasteiger charge is 2.29. The summed E-state index contributed by atoms with van der Waals surface area (Å²) in [4.78, 5) is 19.2. The maximum absolute atomic E-state index is 14.5. The zero-order valence-electron chi connectivity index (χ0n) is 18.1. The fourth-order valence-corrected chi connectivity index (χ4v) is 5.94.